The highest BCUT2D eigenvalue weighted by Crippen LogP contribution is 2.32. The highest BCUT2D eigenvalue weighted by atomic mass is 35.5. The summed E-state index contributed by atoms with van der Waals surface area (Å²) < 4.78 is 45.1. The number of rotatable bonds is 6. The van der Waals surface area contributed by atoms with Crippen molar-refractivity contribution in [1.29, 1.82) is 0 Å². The minimum atomic E-state index is -4.46. The van der Waals surface area contributed by atoms with Crippen LogP contribution >= 0.6 is 12.4 Å². The monoisotopic (exact) mass is 614 g/mol. The van der Waals surface area contributed by atoms with E-state index >= 15 is 0 Å². The van der Waals surface area contributed by atoms with E-state index in [1.54, 1.807) is 30.5 Å². The molecule has 2 aromatic carbocycles. The number of alkyl halides is 3. The van der Waals surface area contributed by atoms with Crippen molar-refractivity contribution in [2.24, 2.45) is 0 Å². The number of hydrogen-bond acceptors (Lipinski definition) is 6. The molecule has 0 radical (unpaired) electrons. The second-order valence-electron chi connectivity index (χ2n) is 9.90. The molecule has 3 aromatic rings. The molecule has 1 atom stereocenters. The van der Waals surface area contributed by atoms with Crippen LogP contribution in [-0.4, -0.2) is 54.3 Å². The zero-order valence-corrected chi connectivity index (χ0v) is 23.8. The number of aromatic nitrogens is 1. The van der Waals surface area contributed by atoms with Gasteiger partial charge in [-0.3, -0.25) is 9.59 Å². The Morgan fingerprint density at radius 1 is 1.07 bits per heavy atom. The first-order chi connectivity index (χ1) is 20.2. The van der Waals surface area contributed by atoms with Crippen LogP contribution in [0.3, 0.4) is 0 Å². The van der Waals surface area contributed by atoms with E-state index in [-0.39, 0.29) is 18.8 Å². The Morgan fingerprint density at radius 3 is 2.56 bits per heavy atom. The molecule has 2 amide bonds. The second-order valence-corrected chi connectivity index (χ2v) is 9.90. The molecule has 5 rings (SSSR count). The highest BCUT2D eigenvalue weighted by molar-refractivity contribution is 6.03. The van der Waals surface area contributed by atoms with Gasteiger partial charge in [-0.25, -0.2) is 4.98 Å². The van der Waals surface area contributed by atoms with Gasteiger partial charge in [0.1, 0.15) is 11.9 Å². The quantitative estimate of drug-likeness (QED) is 0.260. The fraction of sp³-hybridized carbons (Fsp3) is 0.258. The molecule has 1 unspecified atom stereocenters. The van der Waals surface area contributed by atoms with Crippen molar-refractivity contribution >= 4 is 47.0 Å². The van der Waals surface area contributed by atoms with E-state index in [0.717, 1.165) is 30.9 Å². The number of amides is 2. The van der Waals surface area contributed by atoms with Crippen LogP contribution in [0.2, 0.25) is 0 Å². The summed E-state index contributed by atoms with van der Waals surface area (Å²) in [6.07, 6.45) is 1.37. The van der Waals surface area contributed by atoms with Crippen LogP contribution in [0.15, 0.2) is 79.0 Å². The van der Waals surface area contributed by atoms with Gasteiger partial charge in [-0.15, -0.1) is 12.4 Å². The Kier molecular flexibility index (Phi) is 10.2. The Morgan fingerprint density at radius 2 is 1.84 bits per heavy atom. The zero-order chi connectivity index (χ0) is 29.7. The van der Waals surface area contributed by atoms with Gasteiger partial charge in [0.25, 0.3) is 5.91 Å². The normalized spacial score (nSPS) is 17.5. The van der Waals surface area contributed by atoms with Crippen LogP contribution < -0.4 is 15.5 Å². The topological polar surface area (TPSA) is 104 Å². The maximum absolute atomic E-state index is 13.2. The summed E-state index contributed by atoms with van der Waals surface area (Å²) in [4.78, 5) is 31.3. The van der Waals surface area contributed by atoms with Gasteiger partial charge in [0.05, 0.1) is 12.2 Å². The van der Waals surface area contributed by atoms with Crippen molar-refractivity contribution in [2.45, 2.75) is 25.1 Å². The van der Waals surface area contributed by atoms with Crippen molar-refractivity contribution in [1.82, 2.24) is 4.98 Å². The van der Waals surface area contributed by atoms with Gasteiger partial charge < -0.3 is 25.4 Å². The second kappa shape index (κ2) is 13.9. The Hall–Kier alpha value is -4.19. The summed E-state index contributed by atoms with van der Waals surface area (Å²) in [5, 5.41) is 15.3. The van der Waals surface area contributed by atoms with Gasteiger partial charge in [-0.1, -0.05) is 30.4 Å². The summed E-state index contributed by atoms with van der Waals surface area (Å²) >= 11 is 0. The maximum atomic E-state index is 13.2. The van der Waals surface area contributed by atoms with Crippen molar-refractivity contribution in [3.8, 4) is 0 Å². The number of hydrogen-bond donors (Lipinski definition) is 3. The Labute approximate surface area is 252 Å². The summed E-state index contributed by atoms with van der Waals surface area (Å²) in [6.45, 7) is 2.82. The molecule has 3 N–H and O–H groups in total. The molecule has 2 aliphatic heterocycles. The number of aliphatic hydroxyl groups is 1. The number of benzene rings is 2. The van der Waals surface area contributed by atoms with E-state index in [1.807, 2.05) is 12.1 Å². The van der Waals surface area contributed by atoms with Crippen LogP contribution in [-0.2, 0) is 26.9 Å². The van der Waals surface area contributed by atoms with E-state index in [4.69, 9.17) is 4.74 Å². The molecule has 0 bridgehead atoms. The number of pyridine rings is 1. The average molecular weight is 615 g/mol. The Bertz CT molecular complexity index is 1500. The lowest BCUT2D eigenvalue weighted by Gasteiger charge is -2.23. The summed E-state index contributed by atoms with van der Waals surface area (Å²) in [7, 11) is 0. The van der Waals surface area contributed by atoms with Gasteiger partial charge >= 0.3 is 6.18 Å². The van der Waals surface area contributed by atoms with Gasteiger partial charge in [0.2, 0.25) is 5.91 Å². The highest BCUT2D eigenvalue weighted by Gasteiger charge is 2.30. The SMILES string of the molecule is Cl.O=C(C=CC=C(c1ccc(C(F)(F)F)cc1)c1ccc(N2CCCOCC2)nc1)Nc1cccc2c1CC(O)C(=O)N2. The molecule has 43 heavy (non-hydrogen) atoms. The summed E-state index contributed by atoms with van der Waals surface area (Å²) in [6, 6.07) is 13.5. The summed E-state index contributed by atoms with van der Waals surface area (Å²) in [5.74, 6) is -0.192. The van der Waals surface area contributed by atoms with E-state index in [0.29, 0.717) is 53.4 Å². The lowest BCUT2D eigenvalue weighted by Crippen LogP contribution is -2.34. The number of carbonyl (C=O) groups is 2. The third kappa shape index (κ3) is 7.81. The molecule has 1 aromatic heterocycles. The molecular formula is C31H30ClF3N4O4. The standard InChI is InChI=1S/C31H29F3N4O4.ClH/c32-31(33,34)22-11-8-20(9-12-22)23(21-10-13-28(35-19-21)38-14-3-16-42-17-15-38)4-1-7-29(40)36-25-5-2-6-26-24(25)18-27(39)30(41)37-26;/h1-2,4-13,19,27,39H,3,14-18H2,(H,36,40)(H,37,41);1H. The molecular weight excluding hydrogens is 585 g/mol. The number of anilines is 3. The van der Waals surface area contributed by atoms with E-state index < -0.39 is 29.7 Å². The van der Waals surface area contributed by atoms with Crippen molar-refractivity contribution in [2.75, 3.05) is 41.8 Å². The molecule has 2 aliphatic rings. The molecule has 0 aliphatic carbocycles. The van der Waals surface area contributed by atoms with Crippen molar-refractivity contribution < 1.29 is 32.6 Å². The molecule has 8 nitrogen and oxygen atoms in total. The molecule has 1 fully saturated rings. The van der Waals surface area contributed by atoms with Crippen LogP contribution in [0, 0.1) is 0 Å². The number of ether oxygens (including phenoxy) is 1. The Balaban J connectivity index is 0.00000423. The third-order valence-electron chi connectivity index (χ3n) is 7.03. The van der Waals surface area contributed by atoms with Crippen molar-refractivity contribution in [3.63, 3.8) is 0 Å². The van der Waals surface area contributed by atoms with Crippen LogP contribution in [0.1, 0.15) is 28.7 Å². The first-order valence-corrected chi connectivity index (χ1v) is 13.5. The minimum Gasteiger partial charge on any atom is -0.383 e. The number of allylic oxidation sites excluding steroid dienone is 2. The lowest BCUT2D eigenvalue weighted by atomic mass is 9.97. The third-order valence-corrected chi connectivity index (χ3v) is 7.03. The first-order valence-electron chi connectivity index (χ1n) is 13.5. The smallest absolute Gasteiger partial charge is 0.383 e. The predicted octanol–water partition coefficient (Wildman–Crippen LogP) is 5.23. The van der Waals surface area contributed by atoms with Gasteiger partial charge in [-0.05, 0) is 54.0 Å². The predicted molar refractivity (Wildman–Crippen MR) is 160 cm³/mol. The largest absolute Gasteiger partial charge is 0.416 e. The van der Waals surface area contributed by atoms with Gasteiger partial charge in [0.15, 0.2) is 0 Å². The van der Waals surface area contributed by atoms with Gasteiger partial charge in [-0.2, -0.15) is 13.2 Å². The number of nitrogens with one attached hydrogen (secondary N) is 2. The fourth-order valence-corrected chi connectivity index (χ4v) is 4.85. The van der Waals surface area contributed by atoms with E-state index in [2.05, 4.69) is 20.5 Å². The van der Waals surface area contributed by atoms with E-state index in [9.17, 15) is 27.9 Å². The van der Waals surface area contributed by atoms with Crippen molar-refractivity contribution in [3.05, 3.63) is 101 Å². The minimum absolute atomic E-state index is 0. The first kappa shape index (κ1) is 31.7. The van der Waals surface area contributed by atoms with Crippen LogP contribution in [0.25, 0.3) is 5.57 Å². The molecule has 12 heteroatoms. The van der Waals surface area contributed by atoms with Gasteiger partial charge in [0, 0.05) is 60.9 Å². The average Bonchev–Trinajstić information content (AvgIpc) is 3.26. The number of halogens is 4. The number of carbonyl (C=O) groups excluding carboxylic acids is 2. The van der Waals surface area contributed by atoms with Crippen LogP contribution in [0.5, 0.6) is 0 Å². The molecule has 0 saturated carbocycles. The number of nitrogens with zero attached hydrogens (tertiary/aromatic N) is 2. The maximum Gasteiger partial charge on any atom is 0.416 e. The summed E-state index contributed by atoms with van der Waals surface area (Å²) in [5.41, 5.74) is 2.57. The fourth-order valence-electron chi connectivity index (χ4n) is 4.85. The number of fused-ring (bicyclic) bond motifs is 1. The molecule has 1 saturated heterocycles. The molecule has 0 spiro atoms. The number of aliphatic hydroxyl groups excluding tert-OH is 1. The van der Waals surface area contributed by atoms with Crippen LogP contribution in [0.4, 0.5) is 30.4 Å². The zero-order valence-electron chi connectivity index (χ0n) is 22.9. The molecule has 3 heterocycles. The van der Waals surface area contributed by atoms with E-state index in [1.165, 1.54) is 24.3 Å². The lowest BCUT2D eigenvalue weighted by molar-refractivity contribution is -0.137. The molecule has 226 valence electrons.